The third-order valence-corrected chi connectivity index (χ3v) is 5.75. The van der Waals surface area contributed by atoms with E-state index in [1.165, 1.54) is 11.3 Å². The highest BCUT2D eigenvalue weighted by Crippen LogP contribution is 2.36. The van der Waals surface area contributed by atoms with Crippen LogP contribution in [0.4, 0.5) is 5.69 Å². The maximum atomic E-state index is 6.12. The van der Waals surface area contributed by atoms with E-state index >= 15 is 0 Å². The largest absolute Gasteiger partial charge is 0.376 e. The van der Waals surface area contributed by atoms with Crippen LogP contribution in [0, 0.1) is 6.92 Å². The van der Waals surface area contributed by atoms with Gasteiger partial charge in [-0.15, -0.1) is 11.3 Å². The van der Waals surface area contributed by atoms with Crippen LogP contribution in [0.25, 0.3) is 0 Å². The fraction of sp³-hybridized carbons (Fsp3) is 0.231. The Morgan fingerprint density at radius 2 is 2.11 bits per heavy atom. The maximum absolute atomic E-state index is 6.12. The Bertz CT molecular complexity index is 567. The van der Waals surface area contributed by atoms with Gasteiger partial charge in [-0.2, -0.15) is 0 Å². The van der Waals surface area contributed by atoms with Gasteiger partial charge in [0, 0.05) is 26.6 Å². The monoisotopic (exact) mass is 378 g/mol. The van der Waals surface area contributed by atoms with Gasteiger partial charge in [-0.05, 0) is 46.6 Å². The van der Waals surface area contributed by atoms with E-state index in [0.717, 1.165) is 30.0 Å². The summed E-state index contributed by atoms with van der Waals surface area (Å²) < 4.78 is 1.63. The second-order valence-corrected chi connectivity index (χ2v) is 7.11. The van der Waals surface area contributed by atoms with Gasteiger partial charge in [0.1, 0.15) is 4.34 Å². The summed E-state index contributed by atoms with van der Waals surface area (Å²) in [6.07, 6.45) is 0. The first kappa shape index (κ1) is 15.1. The van der Waals surface area contributed by atoms with E-state index in [4.69, 9.17) is 28.9 Å². The molecule has 0 saturated heterocycles. The summed E-state index contributed by atoms with van der Waals surface area (Å²) in [5.74, 6) is 0. The Labute approximate surface area is 135 Å². The summed E-state index contributed by atoms with van der Waals surface area (Å²) in [6.45, 7) is 2.46. The molecule has 1 aromatic heterocycles. The van der Waals surface area contributed by atoms with Crippen LogP contribution >= 0.6 is 50.5 Å². The fourth-order valence-electron chi connectivity index (χ4n) is 1.67. The molecule has 0 amide bonds. The van der Waals surface area contributed by atoms with Crippen LogP contribution in [0.3, 0.4) is 0 Å². The Kier molecular flexibility index (Phi) is 5.15. The number of nitrogens with two attached hydrogens (primary N) is 1. The normalized spacial score (nSPS) is 12.5. The second kappa shape index (κ2) is 6.46. The highest BCUT2D eigenvalue weighted by molar-refractivity contribution is 9.10. The molecule has 1 heterocycles. The predicted molar refractivity (Wildman–Crippen MR) is 88.6 cm³/mol. The van der Waals surface area contributed by atoms with Crippen molar-refractivity contribution in [2.75, 3.05) is 11.9 Å². The van der Waals surface area contributed by atoms with Crippen LogP contribution in [-0.2, 0) is 0 Å². The topological polar surface area (TPSA) is 38.0 Å². The molecule has 0 aliphatic heterocycles. The number of nitrogens with one attached hydrogen (secondary N) is 1. The van der Waals surface area contributed by atoms with Crippen molar-refractivity contribution in [1.82, 2.24) is 0 Å². The molecular weight excluding hydrogens is 367 g/mol. The van der Waals surface area contributed by atoms with Gasteiger partial charge in [-0.25, -0.2) is 0 Å². The standard InChI is InChI=1S/C13H13BrCl2N2S/c1-7-2-3-8(4-10(7)15)18-11(6-17)12-5-9(14)13(16)19-12/h2-5,11,18H,6,17H2,1H3. The molecule has 0 fully saturated rings. The molecule has 1 aromatic carbocycles. The van der Waals surface area contributed by atoms with E-state index in [1.54, 1.807) is 0 Å². The number of halogens is 3. The van der Waals surface area contributed by atoms with Gasteiger partial charge < -0.3 is 11.1 Å². The Balaban J connectivity index is 2.21. The van der Waals surface area contributed by atoms with Crippen molar-refractivity contribution in [3.63, 3.8) is 0 Å². The molecule has 3 N–H and O–H groups in total. The molecule has 0 saturated carbocycles. The van der Waals surface area contributed by atoms with Crippen LogP contribution in [0.5, 0.6) is 0 Å². The minimum absolute atomic E-state index is 0.0209. The molecule has 2 aromatic rings. The summed E-state index contributed by atoms with van der Waals surface area (Å²) in [6, 6.07) is 7.90. The van der Waals surface area contributed by atoms with E-state index in [1.807, 2.05) is 31.2 Å². The maximum Gasteiger partial charge on any atom is 0.107 e. The summed E-state index contributed by atoms with van der Waals surface area (Å²) in [7, 11) is 0. The van der Waals surface area contributed by atoms with Crippen LogP contribution in [0.2, 0.25) is 9.36 Å². The fourth-order valence-corrected chi connectivity index (χ4v) is 3.65. The highest BCUT2D eigenvalue weighted by Gasteiger charge is 2.14. The minimum Gasteiger partial charge on any atom is -0.376 e. The van der Waals surface area contributed by atoms with E-state index in [9.17, 15) is 0 Å². The molecule has 6 heteroatoms. The number of hydrogen-bond acceptors (Lipinski definition) is 3. The van der Waals surface area contributed by atoms with Crippen molar-refractivity contribution >= 4 is 56.2 Å². The molecule has 0 radical (unpaired) electrons. The lowest BCUT2D eigenvalue weighted by Crippen LogP contribution is -2.19. The van der Waals surface area contributed by atoms with Crippen molar-refractivity contribution < 1.29 is 0 Å². The van der Waals surface area contributed by atoms with E-state index in [2.05, 4.69) is 21.2 Å². The third kappa shape index (κ3) is 3.64. The lowest BCUT2D eigenvalue weighted by Gasteiger charge is -2.17. The lowest BCUT2D eigenvalue weighted by molar-refractivity contribution is 0.805. The van der Waals surface area contributed by atoms with Gasteiger partial charge >= 0.3 is 0 Å². The number of anilines is 1. The van der Waals surface area contributed by atoms with E-state index in [-0.39, 0.29) is 6.04 Å². The van der Waals surface area contributed by atoms with Crippen molar-refractivity contribution in [3.8, 4) is 0 Å². The lowest BCUT2D eigenvalue weighted by atomic mass is 10.2. The summed E-state index contributed by atoms with van der Waals surface area (Å²) >= 11 is 17.1. The van der Waals surface area contributed by atoms with Crippen molar-refractivity contribution in [1.29, 1.82) is 0 Å². The predicted octanol–water partition coefficient (Wildman–Crippen LogP) is 5.24. The molecule has 2 rings (SSSR count). The van der Waals surface area contributed by atoms with Crippen LogP contribution < -0.4 is 11.1 Å². The number of aryl methyl sites for hydroxylation is 1. The van der Waals surface area contributed by atoms with Crippen LogP contribution in [-0.4, -0.2) is 6.54 Å². The molecule has 2 nitrogen and oxygen atoms in total. The summed E-state index contributed by atoms with van der Waals surface area (Å²) in [5.41, 5.74) is 7.84. The zero-order valence-electron chi connectivity index (χ0n) is 10.2. The minimum atomic E-state index is 0.0209. The first-order valence-electron chi connectivity index (χ1n) is 5.68. The number of benzene rings is 1. The summed E-state index contributed by atoms with van der Waals surface area (Å²) in [4.78, 5) is 1.09. The highest BCUT2D eigenvalue weighted by atomic mass is 79.9. The molecule has 19 heavy (non-hydrogen) atoms. The molecule has 102 valence electrons. The van der Waals surface area contributed by atoms with Gasteiger partial charge in [0.2, 0.25) is 0 Å². The number of rotatable bonds is 4. The van der Waals surface area contributed by atoms with Crippen molar-refractivity contribution in [2.45, 2.75) is 13.0 Å². The Morgan fingerprint density at radius 3 is 2.63 bits per heavy atom. The van der Waals surface area contributed by atoms with Gasteiger partial charge in [0.05, 0.1) is 6.04 Å². The molecule has 1 atom stereocenters. The molecule has 1 unspecified atom stereocenters. The van der Waals surface area contributed by atoms with Crippen molar-refractivity contribution in [2.24, 2.45) is 5.73 Å². The molecule has 0 aliphatic rings. The average molecular weight is 380 g/mol. The second-order valence-electron chi connectivity index (χ2n) is 4.17. The first-order valence-corrected chi connectivity index (χ1v) is 8.05. The summed E-state index contributed by atoms with van der Waals surface area (Å²) in [5, 5.41) is 4.12. The van der Waals surface area contributed by atoms with E-state index < -0.39 is 0 Å². The van der Waals surface area contributed by atoms with Crippen molar-refractivity contribution in [3.05, 3.63) is 48.5 Å². The van der Waals surface area contributed by atoms with Gasteiger partial charge in [-0.3, -0.25) is 0 Å². The first-order chi connectivity index (χ1) is 9.01. The third-order valence-electron chi connectivity index (χ3n) is 2.76. The zero-order valence-corrected chi connectivity index (χ0v) is 14.1. The van der Waals surface area contributed by atoms with Gasteiger partial charge in [0.15, 0.2) is 0 Å². The molecular formula is C13H13BrCl2N2S. The van der Waals surface area contributed by atoms with Gasteiger partial charge in [0.25, 0.3) is 0 Å². The number of thiophene rings is 1. The van der Waals surface area contributed by atoms with E-state index in [0.29, 0.717) is 6.54 Å². The van der Waals surface area contributed by atoms with Crippen LogP contribution in [0.15, 0.2) is 28.7 Å². The molecule has 0 aliphatic carbocycles. The smallest absolute Gasteiger partial charge is 0.107 e. The SMILES string of the molecule is Cc1ccc(NC(CN)c2cc(Br)c(Cl)s2)cc1Cl. The number of hydrogen-bond donors (Lipinski definition) is 2. The Morgan fingerprint density at radius 1 is 1.37 bits per heavy atom. The average Bonchev–Trinajstić information content (AvgIpc) is 2.71. The Hall–Kier alpha value is -0.260. The quantitative estimate of drug-likeness (QED) is 0.762. The molecule has 0 spiro atoms. The zero-order chi connectivity index (χ0) is 14.0. The van der Waals surface area contributed by atoms with Gasteiger partial charge in [-0.1, -0.05) is 29.3 Å². The molecule has 0 bridgehead atoms. The van der Waals surface area contributed by atoms with Crippen LogP contribution in [0.1, 0.15) is 16.5 Å².